The lowest BCUT2D eigenvalue weighted by molar-refractivity contribution is 0.355. The zero-order chi connectivity index (χ0) is 18.7. The lowest BCUT2D eigenvalue weighted by Gasteiger charge is -2.10. The molecule has 1 heterocycles. The van der Waals surface area contributed by atoms with E-state index in [2.05, 4.69) is 4.98 Å². The van der Waals surface area contributed by atoms with Gasteiger partial charge in [0.1, 0.15) is 4.90 Å². The number of methoxy groups -OCH3 is 2. The Morgan fingerprint density at radius 3 is 2.19 bits per heavy atom. The van der Waals surface area contributed by atoms with E-state index in [0.29, 0.717) is 22.6 Å². The number of hydrogen-bond donors (Lipinski definition) is 1. The molecule has 0 aliphatic rings. The van der Waals surface area contributed by atoms with Crippen molar-refractivity contribution in [2.75, 3.05) is 14.2 Å². The highest BCUT2D eigenvalue weighted by atomic mass is 32.2. The van der Waals surface area contributed by atoms with Gasteiger partial charge in [-0.25, -0.2) is 8.42 Å². The molecule has 3 rings (SSSR count). The Hall–Kier alpha value is -3.06. The summed E-state index contributed by atoms with van der Waals surface area (Å²) in [4.78, 5) is 14.4. The van der Waals surface area contributed by atoms with Crippen molar-refractivity contribution in [3.8, 4) is 22.6 Å². The zero-order valence-electron chi connectivity index (χ0n) is 14.2. The maximum Gasteiger partial charge on any atom is 0.267 e. The van der Waals surface area contributed by atoms with Gasteiger partial charge in [0.2, 0.25) is 9.84 Å². The van der Waals surface area contributed by atoms with E-state index in [1.807, 2.05) is 0 Å². The van der Waals surface area contributed by atoms with E-state index in [9.17, 15) is 13.2 Å². The van der Waals surface area contributed by atoms with Crippen molar-refractivity contribution < 1.29 is 17.9 Å². The maximum atomic E-state index is 12.8. The summed E-state index contributed by atoms with van der Waals surface area (Å²) in [5.74, 6) is 1.06. The van der Waals surface area contributed by atoms with Crippen LogP contribution in [-0.2, 0) is 9.84 Å². The molecule has 3 aromatic rings. The molecule has 26 heavy (non-hydrogen) atoms. The first-order valence-corrected chi connectivity index (χ1v) is 9.21. The highest BCUT2D eigenvalue weighted by Crippen LogP contribution is 2.32. The first-order chi connectivity index (χ1) is 12.5. The van der Waals surface area contributed by atoms with Gasteiger partial charge in [-0.05, 0) is 41.5 Å². The molecule has 0 unspecified atom stereocenters. The Bertz CT molecular complexity index is 1090. The molecule has 0 bridgehead atoms. The van der Waals surface area contributed by atoms with Crippen LogP contribution in [0.4, 0.5) is 0 Å². The van der Waals surface area contributed by atoms with Crippen LogP contribution in [0.1, 0.15) is 0 Å². The van der Waals surface area contributed by atoms with Crippen molar-refractivity contribution in [2.24, 2.45) is 0 Å². The summed E-state index contributed by atoms with van der Waals surface area (Å²) in [5.41, 5.74) is 0.557. The van der Waals surface area contributed by atoms with Crippen molar-refractivity contribution in [3.05, 3.63) is 71.1 Å². The van der Waals surface area contributed by atoms with Gasteiger partial charge >= 0.3 is 0 Å². The molecule has 0 spiro atoms. The average molecular weight is 371 g/mol. The van der Waals surface area contributed by atoms with E-state index in [4.69, 9.17) is 9.47 Å². The Balaban J connectivity index is 2.14. The van der Waals surface area contributed by atoms with Crippen LogP contribution < -0.4 is 15.0 Å². The van der Waals surface area contributed by atoms with Gasteiger partial charge < -0.3 is 14.5 Å². The van der Waals surface area contributed by atoms with E-state index < -0.39 is 15.4 Å². The Morgan fingerprint density at radius 1 is 0.846 bits per heavy atom. The Kier molecular flexibility index (Phi) is 4.81. The lowest BCUT2D eigenvalue weighted by Crippen LogP contribution is -2.17. The minimum Gasteiger partial charge on any atom is -0.493 e. The molecule has 1 N–H and O–H groups in total. The largest absolute Gasteiger partial charge is 0.493 e. The molecule has 6 nitrogen and oxygen atoms in total. The quantitative estimate of drug-likeness (QED) is 0.745. The Morgan fingerprint density at radius 2 is 1.54 bits per heavy atom. The fraction of sp³-hybridized carbons (Fsp3) is 0.105. The van der Waals surface area contributed by atoms with E-state index >= 15 is 0 Å². The van der Waals surface area contributed by atoms with Crippen LogP contribution >= 0.6 is 0 Å². The fourth-order valence-corrected chi connectivity index (χ4v) is 3.93. The molecule has 1 aromatic heterocycles. The maximum absolute atomic E-state index is 12.8. The second kappa shape index (κ2) is 7.05. The molecule has 0 fully saturated rings. The van der Waals surface area contributed by atoms with E-state index in [1.165, 1.54) is 38.6 Å². The predicted molar refractivity (Wildman–Crippen MR) is 97.5 cm³/mol. The molecular formula is C19H17NO5S. The summed E-state index contributed by atoms with van der Waals surface area (Å²) in [5, 5.41) is 0. The lowest BCUT2D eigenvalue weighted by atomic mass is 10.1. The van der Waals surface area contributed by atoms with E-state index in [-0.39, 0.29) is 9.79 Å². The number of sulfone groups is 1. The van der Waals surface area contributed by atoms with Gasteiger partial charge in [0.05, 0.1) is 19.1 Å². The number of pyridine rings is 1. The van der Waals surface area contributed by atoms with Gasteiger partial charge in [-0.1, -0.05) is 24.3 Å². The summed E-state index contributed by atoms with van der Waals surface area (Å²) in [6, 6.07) is 14.4. The molecule has 2 aromatic carbocycles. The van der Waals surface area contributed by atoms with Gasteiger partial charge in [-0.15, -0.1) is 0 Å². The van der Waals surface area contributed by atoms with Crippen LogP contribution in [0.15, 0.2) is 75.4 Å². The molecule has 134 valence electrons. The van der Waals surface area contributed by atoms with Crippen LogP contribution in [-0.4, -0.2) is 27.6 Å². The number of benzene rings is 2. The highest BCUT2D eigenvalue weighted by molar-refractivity contribution is 7.91. The standard InChI is InChI=1S/C19H17NO5S/c1-24-16-9-8-13(10-17(16)25-2)14-11-18(19(21)20-12-14)26(22,23)15-6-4-3-5-7-15/h3-12H,1-2H3,(H,20,21). The predicted octanol–water partition coefficient (Wildman–Crippen LogP) is 2.89. The monoisotopic (exact) mass is 371 g/mol. The van der Waals surface area contributed by atoms with Crippen LogP contribution in [0.5, 0.6) is 11.5 Å². The topological polar surface area (TPSA) is 85.5 Å². The number of rotatable bonds is 5. The van der Waals surface area contributed by atoms with Crippen LogP contribution in [0, 0.1) is 0 Å². The van der Waals surface area contributed by atoms with Crippen molar-refractivity contribution in [1.82, 2.24) is 4.98 Å². The van der Waals surface area contributed by atoms with Crippen molar-refractivity contribution in [2.45, 2.75) is 9.79 Å². The van der Waals surface area contributed by atoms with Crippen molar-refractivity contribution in [1.29, 1.82) is 0 Å². The first-order valence-electron chi connectivity index (χ1n) is 7.72. The molecule has 0 amide bonds. The number of nitrogens with one attached hydrogen (secondary N) is 1. The van der Waals surface area contributed by atoms with Crippen molar-refractivity contribution in [3.63, 3.8) is 0 Å². The van der Waals surface area contributed by atoms with Crippen LogP contribution in [0.2, 0.25) is 0 Å². The highest BCUT2D eigenvalue weighted by Gasteiger charge is 2.22. The molecule has 0 atom stereocenters. The molecule has 0 saturated carbocycles. The molecule has 0 saturated heterocycles. The summed E-state index contributed by atoms with van der Waals surface area (Å²) < 4.78 is 36.1. The summed E-state index contributed by atoms with van der Waals surface area (Å²) in [7, 11) is -0.885. The molecule has 7 heteroatoms. The third-order valence-electron chi connectivity index (χ3n) is 3.93. The van der Waals surface area contributed by atoms with E-state index in [1.54, 1.807) is 36.4 Å². The third kappa shape index (κ3) is 3.21. The molecule has 0 aliphatic carbocycles. The first kappa shape index (κ1) is 17.8. The van der Waals surface area contributed by atoms with Crippen LogP contribution in [0.25, 0.3) is 11.1 Å². The van der Waals surface area contributed by atoms with Crippen molar-refractivity contribution >= 4 is 9.84 Å². The number of aromatic nitrogens is 1. The summed E-state index contributed by atoms with van der Waals surface area (Å²) in [6.07, 6.45) is 1.47. The van der Waals surface area contributed by atoms with Gasteiger partial charge in [-0.3, -0.25) is 4.79 Å². The second-order valence-corrected chi connectivity index (χ2v) is 7.39. The Labute approximate surface area is 151 Å². The number of ether oxygens (including phenoxy) is 2. The second-order valence-electron chi connectivity index (χ2n) is 5.47. The number of H-pyrrole nitrogens is 1. The fourth-order valence-electron chi connectivity index (χ4n) is 2.57. The summed E-state index contributed by atoms with van der Waals surface area (Å²) in [6.45, 7) is 0. The number of hydrogen-bond acceptors (Lipinski definition) is 5. The molecule has 0 radical (unpaired) electrons. The SMILES string of the molecule is COc1ccc(-c2c[nH]c(=O)c(S(=O)(=O)c3ccccc3)c2)cc1OC. The third-order valence-corrected chi connectivity index (χ3v) is 5.70. The summed E-state index contributed by atoms with van der Waals surface area (Å²) >= 11 is 0. The normalized spacial score (nSPS) is 11.2. The smallest absolute Gasteiger partial charge is 0.267 e. The van der Waals surface area contributed by atoms with Gasteiger partial charge in [0, 0.05) is 6.20 Å². The molecular weight excluding hydrogens is 354 g/mol. The van der Waals surface area contributed by atoms with Gasteiger partial charge in [-0.2, -0.15) is 0 Å². The van der Waals surface area contributed by atoms with Crippen LogP contribution in [0.3, 0.4) is 0 Å². The molecule has 0 aliphatic heterocycles. The van der Waals surface area contributed by atoms with Gasteiger partial charge in [0.15, 0.2) is 11.5 Å². The minimum absolute atomic E-state index is 0.0648. The number of aromatic amines is 1. The van der Waals surface area contributed by atoms with Gasteiger partial charge in [0.25, 0.3) is 5.56 Å². The average Bonchev–Trinajstić information content (AvgIpc) is 2.68. The minimum atomic E-state index is -3.93. The van der Waals surface area contributed by atoms with E-state index in [0.717, 1.165) is 0 Å². The zero-order valence-corrected chi connectivity index (χ0v) is 15.0.